The van der Waals surface area contributed by atoms with Crippen LogP contribution in [-0.4, -0.2) is 26.4 Å². The van der Waals surface area contributed by atoms with Gasteiger partial charge >= 0.3 is 0 Å². The maximum absolute atomic E-state index is 12.6. The van der Waals surface area contributed by atoms with Crippen molar-refractivity contribution in [2.45, 2.75) is 45.7 Å². The molecule has 0 atom stereocenters. The Morgan fingerprint density at radius 3 is 2.64 bits per heavy atom. The Morgan fingerprint density at radius 2 is 1.93 bits per heavy atom. The van der Waals surface area contributed by atoms with Gasteiger partial charge in [0.25, 0.3) is 0 Å². The highest BCUT2D eigenvalue weighted by Crippen LogP contribution is 2.28. The van der Waals surface area contributed by atoms with E-state index in [1.807, 2.05) is 23.6 Å². The van der Waals surface area contributed by atoms with Crippen LogP contribution >= 0.6 is 11.8 Å². The molecule has 3 aromatic rings. The molecule has 0 unspecified atom stereocenters. The first kappa shape index (κ1) is 20.1. The fourth-order valence-corrected chi connectivity index (χ4v) is 3.93. The number of carbonyl (C=O) groups excluding carboxylic acids is 1. The summed E-state index contributed by atoms with van der Waals surface area (Å²) in [6, 6.07) is 12.4. The lowest BCUT2D eigenvalue weighted by Gasteiger charge is -2.16. The van der Waals surface area contributed by atoms with Crippen molar-refractivity contribution in [3.05, 3.63) is 65.0 Å². The van der Waals surface area contributed by atoms with Crippen LogP contribution in [0, 0.1) is 20.8 Å². The third kappa shape index (κ3) is 4.44. The van der Waals surface area contributed by atoms with Gasteiger partial charge in [-0.3, -0.25) is 9.36 Å². The summed E-state index contributed by atoms with van der Waals surface area (Å²) in [6.45, 7) is 10.4. The summed E-state index contributed by atoms with van der Waals surface area (Å²) in [5, 5.41) is 12.0. The number of para-hydroxylation sites is 1. The number of amides is 1. The van der Waals surface area contributed by atoms with E-state index in [0.29, 0.717) is 11.1 Å². The lowest BCUT2D eigenvalue weighted by atomic mass is 9.98. The molecule has 2 aromatic carbocycles. The van der Waals surface area contributed by atoms with Gasteiger partial charge < -0.3 is 5.32 Å². The second-order valence-electron chi connectivity index (χ2n) is 7.30. The van der Waals surface area contributed by atoms with Gasteiger partial charge in [0.2, 0.25) is 5.91 Å². The number of hydrogen-bond acceptors (Lipinski definition) is 4. The molecule has 1 amide bonds. The zero-order valence-electron chi connectivity index (χ0n) is 17.0. The summed E-state index contributed by atoms with van der Waals surface area (Å²) < 4.78 is 1.93. The molecule has 0 aliphatic rings. The molecule has 146 valence electrons. The van der Waals surface area contributed by atoms with E-state index in [-0.39, 0.29) is 11.7 Å². The predicted molar refractivity (Wildman–Crippen MR) is 115 cm³/mol. The van der Waals surface area contributed by atoms with E-state index in [1.54, 1.807) is 6.33 Å². The van der Waals surface area contributed by atoms with Gasteiger partial charge in [-0.05, 0) is 49.4 Å². The molecule has 1 aromatic heterocycles. The van der Waals surface area contributed by atoms with Crippen LogP contribution in [0.25, 0.3) is 5.69 Å². The highest BCUT2D eigenvalue weighted by Gasteiger charge is 2.15. The average Bonchev–Trinajstić information content (AvgIpc) is 3.09. The van der Waals surface area contributed by atoms with Crippen molar-refractivity contribution in [2.75, 3.05) is 11.1 Å². The molecule has 0 radical (unpaired) electrons. The highest BCUT2D eigenvalue weighted by atomic mass is 32.2. The fourth-order valence-electron chi connectivity index (χ4n) is 3.21. The summed E-state index contributed by atoms with van der Waals surface area (Å²) >= 11 is 1.39. The van der Waals surface area contributed by atoms with Crippen LogP contribution in [0.3, 0.4) is 0 Å². The Morgan fingerprint density at radius 1 is 1.14 bits per heavy atom. The van der Waals surface area contributed by atoms with Crippen LogP contribution in [-0.2, 0) is 4.79 Å². The maximum Gasteiger partial charge on any atom is 0.234 e. The SMILES string of the molecule is Cc1ccc(-n2cnnc2SCC(=O)Nc2c(C)cccc2C(C)C)c(C)c1. The molecule has 0 aliphatic heterocycles. The second kappa shape index (κ2) is 8.61. The Labute approximate surface area is 170 Å². The molecule has 28 heavy (non-hydrogen) atoms. The first-order valence-electron chi connectivity index (χ1n) is 9.36. The van der Waals surface area contributed by atoms with E-state index in [0.717, 1.165) is 28.1 Å². The van der Waals surface area contributed by atoms with Gasteiger partial charge in [-0.2, -0.15) is 0 Å². The topological polar surface area (TPSA) is 59.8 Å². The summed E-state index contributed by atoms with van der Waals surface area (Å²) in [7, 11) is 0. The van der Waals surface area contributed by atoms with Crippen molar-refractivity contribution in [3.63, 3.8) is 0 Å². The van der Waals surface area contributed by atoms with E-state index in [4.69, 9.17) is 0 Å². The van der Waals surface area contributed by atoms with Gasteiger partial charge in [0.1, 0.15) is 6.33 Å². The van der Waals surface area contributed by atoms with E-state index < -0.39 is 0 Å². The van der Waals surface area contributed by atoms with Gasteiger partial charge in [-0.25, -0.2) is 0 Å². The van der Waals surface area contributed by atoms with Gasteiger partial charge in [0.15, 0.2) is 5.16 Å². The molecule has 1 heterocycles. The van der Waals surface area contributed by atoms with Crippen molar-refractivity contribution in [2.24, 2.45) is 0 Å². The number of aromatic nitrogens is 3. The molecular weight excluding hydrogens is 368 g/mol. The summed E-state index contributed by atoms with van der Waals surface area (Å²) in [5.74, 6) is 0.571. The van der Waals surface area contributed by atoms with Crippen molar-refractivity contribution in [1.29, 1.82) is 0 Å². The smallest absolute Gasteiger partial charge is 0.234 e. The van der Waals surface area contributed by atoms with Gasteiger partial charge in [0.05, 0.1) is 11.4 Å². The molecule has 0 bridgehead atoms. The number of aryl methyl sites for hydroxylation is 3. The van der Waals surface area contributed by atoms with Crippen LogP contribution in [0.1, 0.15) is 42.0 Å². The number of nitrogens with zero attached hydrogens (tertiary/aromatic N) is 3. The predicted octanol–water partition coefficient (Wildman–Crippen LogP) is 5.05. The quantitative estimate of drug-likeness (QED) is 0.595. The zero-order chi connectivity index (χ0) is 20.3. The minimum Gasteiger partial charge on any atom is -0.325 e. The largest absolute Gasteiger partial charge is 0.325 e. The molecule has 0 fully saturated rings. The number of anilines is 1. The molecule has 6 heteroatoms. The molecule has 0 aliphatic carbocycles. The second-order valence-corrected chi connectivity index (χ2v) is 8.25. The maximum atomic E-state index is 12.6. The molecule has 5 nitrogen and oxygen atoms in total. The standard InChI is InChI=1S/C22H26N4OS/c1-14(2)18-8-6-7-16(4)21(18)24-20(27)12-28-22-25-23-13-26(22)19-10-9-15(3)11-17(19)5/h6-11,13-14H,12H2,1-5H3,(H,24,27). The molecule has 0 saturated carbocycles. The Bertz CT molecular complexity index is 994. The number of hydrogen-bond donors (Lipinski definition) is 1. The number of benzene rings is 2. The van der Waals surface area contributed by atoms with Crippen molar-refractivity contribution >= 4 is 23.4 Å². The highest BCUT2D eigenvalue weighted by molar-refractivity contribution is 7.99. The molecule has 1 N–H and O–H groups in total. The van der Waals surface area contributed by atoms with Crippen LogP contribution in [0.15, 0.2) is 47.9 Å². The number of carbonyl (C=O) groups is 1. The average molecular weight is 395 g/mol. The lowest BCUT2D eigenvalue weighted by molar-refractivity contribution is -0.113. The summed E-state index contributed by atoms with van der Waals surface area (Å²) in [6.07, 6.45) is 1.69. The Balaban J connectivity index is 1.73. The minimum absolute atomic E-state index is 0.0450. The van der Waals surface area contributed by atoms with Gasteiger partial charge in [0, 0.05) is 5.69 Å². The monoisotopic (exact) mass is 394 g/mol. The Hall–Kier alpha value is -2.60. The molecule has 0 spiro atoms. The minimum atomic E-state index is -0.0450. The van der Waals surface area contributed by atoms with Crippen molar-refractivity contribution in [1.82, 2.24) is 14.8 Å². The summed E-state index contributed by atoms with van der Waals surface area (Å²) in [4.78, 5) is 12.6. The van der Waals surface area contributed by atoms with E-state index in [2.05, 4.69) is 67.5 Å². The first-order chi connectivity index (χ1) is 13.4. The third-order valence-corrected chi connectivity index (χ3v) is 5.60. The molecule has 3 rings (SSSR count). The van der Waals surface area contributed by atoms with Crippen molar-refractivity contribution < 1.29 is 4.79 Å². The molecule has 0 saturated heterocycles. The Kier molecular flexibility index (Phi) is 6.19. The summed E-state index contributed by atoms with van der Waals surface area (Å²) in [5.41, 5.74) is 6.52. The normalized spacial score (nSPS) is 11.1. The van der Waals surface area contributed by atoms with E-state index in [1.165, 1.54) is 17.3 Å². The lowest BCUT2D eigenvalue weighted by Crippen LogP contribution is -2.17. The van der Waals surface area contributed by atoms with Crippen molar-refractivity contribution in [3.8, 4) is 5.69 Å². The molecular formula is C22H26N4OS. The first-order valence-corrected chi connectivity index (χ1v) is 10.3. The van der Waals surface area contributed by atoms with Crippen LogP contribution in [0.2, 0.25) is 0 Å². The van der Waals surface area contributed by atoms with Crippen LogP contribution in [0.4, 0.5) is 5.69 Å². The number of rotatable bonds is 6. The van der Waals surface area contributed by atoms with E-state index >= 15 is 0 Å². The van der Waals surface area contributed by atoms with Crippen LogP contribution in [0.5, 0.6) is 0 Å². The van der Waals surface area contributed by atoms with Crippen LogP contribution < -0.4 is 5.32 Å². The fraction of sp³-hybridized carbons (Fsp3) is 0.318. The number of nitrogens with one attached hydrogen (secondary N) is 1. The van der Waals surface area contributed by atoms with E-state index in [9.17, 15) is 4.79 Å². The zero-order valence-corrected chi connectivity index (χ0v) is 17.8. The third-order valence-electron chi connectivity index (χ3n) is 4.65. The van der Waals surface area contributed by atoms with Gasteiger partial charge in [-0.15, -0.1) is 10.2 Å². The number of thioether (sulfide) groups is 1. The van der Waals surface area contributed by atoms with Gasteiger partial charge in [-0.1, -0.05) is 61.5 Å².